The van der Waals surface area contributed by atoms with Gasteiger partial charge in [0.2, 0.25) is 10.0 Å². The number of nitrogens with zero attached hydrogens (tertiary/aromatic N) is 1. The van der Waals surface area contributed by atoms with Gasteiger partial charge < -0.3 is 14.5 Å². The normalized spacial score (nSPS) is 26.8. The summed E-state index contributed by atoms with van der Waals surface area (Å²) in [5.74, 6) is -0.213. The van der Waals surface area contributed by atoms with Gasteiger partial charge in [-0.3, -0.25) is 0 Å². The molecule has 0 saturated carbocycles. The number of methoxy groups -OCH3 is 1. The van der Waals surface area contributed by atoms with Crippen molar-refractivity contribution in [1.82, 2.24) is 9.62 Å². The number of fused-ring (bicyclic) bond motifs is 2. The van der Waals surface area contributed by atoms with Crippen molar-refractivity contribution in [2.75, 3.05) is 14.2 Å². The molecule has 2 aliphatic heterocycles. The van der Waals surface area contributed by atoms with Gasteiger partial charge in [-0.15, -0.1) is 0 Å². The Balaban J connectivity index is 1.97. The third kappa shape index (κ3) is 2.76. The quantitative estimate of drug-likeness (QED) is 0.824. The van der Waals surface area contributed by atoms with Crippen LogP contribution in [0.1, 0.15) is 47.6 Å². The molecule has 2 aliphatic rings. The molecule has 0 amide bonds. The van der Waals surface area contributed by atoms with Crippen LogP contribution in [0.3, 0.4) is 0 Å². The number of nitrogens with one attached hydrogen (secondary N) is 1. The highest BCUT2D eigenvalue weighted by Crippen LogP contribution is 2.34. The predicted molar refractivity (Wildman–Crippen MR) is 87.4 cm³/mol. The minimum Gasteiger partial charge on any atom is -0.465 e. The fraction of sp³-hybridized carbons (Fsp3) is 0.688. The van der Waals surface area contributed by atoms with Gasteiger partial charge in [-0.2, -0.15) is 4.31 Å². The summed E-state index contributed by atoms with van der Waals surface area (Å²) in [5.41, 5.74) is -0.00115. The Morgan fingerprint density at radius 2 is 1.79 bits per heavy atom. The first-order chi connectivity index (χ1) is 11.3. The van der Waals surface area contributed by atoms with Gasteiger partial charge in [-0.25, -0.2) is 13.2 Å². The number of aryl methyl sites for hydroxylation is 2. The van der Waals surface area contributed by atoms with E-state index in [0.717, 1.165) is 25.7 Å². The Hall–Kier alpha value is -1.38. The van der Waals surface area contributed by atoms with Crippen molar-refractivity contribution >= 4 is 16.0 Å². The molecular weight excluding hydrogens is 332 g/mol. The number of sulfonamides is 1. The highest BCUT2D eigenvalue weighted by Gasteiger charge is 2.41. The van der Waals surface area contributed by atoms with Crippen LogP contribution in [0.15, 0.2) is 9.31 Å². The summed E-state index contributed by atoms with van der Waals surface area (Å²) in [7, 11) is -1.02. The number of ether oxygens (including phenoxy) is 1. The maximum Gasteiger partial charge on any atom is 0.342 e. The van der Waals surface area contributed by atoms with Crippen molar-refractivity contribution in [2.45, 2.75) is 62.6 Å². The number of hydrogen-bond donors (Lipinski definition) is 1. The van der Waals surface area contributed by atoms with Gasteiger partial charge in [0, 0.05) is 25.2 Å². The van der Waals surface area contributed by atoms with Crippen molar-refractivity contribution in [1.29, 1.82) is 0 Å². The lowest BCUT2D eigenvalue weighted by atomic mass is 10.0. The summed E-state index contributed by atoms with van der Waals surface area (Å²) in [5, 5.41) is 3.51. The maximum absolute atomic E-state index is 13.2. The minimum absolute atomic E-state index is 0.00115. The zero-order chi connectivity index (χ0) is 17.6. The van der Waals surface area contributed by atoms with Crippen LogP contribution in [0, 0.1) is 13.8 Å². The van der Waals surface area contributed by atoms with E-state index in [1.807, 2.05) is 0 Å². The summed E-state index contributed by atoms with van der Waals surface area (Å²) in [4.78, 5) is 12.0. The van der Waals surface area contributed by atoms with E-state index < -0.39 is 16.0 Å². The van der Waals surface area contributed by atoms with Gasteiger partial charge in [0.15, 0.2) is 0 Å². The smallest absolute Gasteiger partial charge is 0.342 e. The van der Waals surface area contributed by atoms with E-state index in [1.165, 1.54) is 11.4 Å². The van der Waals surface area contributed by atoms with Crippen LogP contribution in [0.5, 0.6) is 0 Å². The molecule has 3 heterocycles. The number of piperidine rings is 1. The van der Waals surface area contributed by atoms with E-state index in [4.69, 9.17) is 9.15 Å². The monoisotopic (exact) mass is 356 g/mol. The second kappa shape index (κ2) is 6.16. The molecule has 0 aliphatic carbocycles. The molecule has 1 aromatic heterocycles. The van der Waals surface area contributed by atoms with Crippen molar-refractivity contribution < 1.29 is 22.4 Å². The molecule has 7 nitrogen and oxygen atoms in total. The number of carbonyl (C=O) groups is 1. The summed E-state index contributed by atoms with van der Waals surface area (Å²) >= 11 is 0. The lowest BCUT2D eigenvalue weighted by Gasteiger charge is -2.34. The largest absolute Gasteiger partial charge is 0.465 e. The van der Waals surface area contributed by atoms with Crippen molar-refractivity contribution in [2.24, 2.45) is 0 Å². The molecule has 2 unspecified atom stereocenters. The fourth-order valence-electron chi connectivity index (χ4n) is 3.98. The van der Waals surface area contributed by atoms with Gasteiger partial charge in [0.05, 0.1) is 7.11 Å². The third-order valence-electron chi connectivity index (χ3n) is 5.19. The number of furan rings is 1. The molecular formula is C16H24N2O5S. The molecule has 24 heavy (non-hydrogen) atoms. The average Bonchev–Trinajstić information content (AvgIpc) is 3.03. The van der Waals surface area contributed by atoms with Crippen LogP contribution >= 0.6 is 0 Å². The van der Waals surface area contributed by atoms with Crippen LogP contribution in [0.2, 0.25) is 0 Å². The van der Waals surface area contributed by atoms with Crippen LogP contribution in [-0.2, 0) is 14.8 Å². The molecule has 2 bridgehead atoms. The molecule has 2 atom stereocenters. The Bertz CT molecular complexity index is 743. The van der Waals surface area contributed by atoms with Gasteiger partial charge in [-0.1, -0.05) is 0 Å². The van der Waals surface area contributed by atoms with Crippen LogP contribution in [-0.4, -0.2) is 51.0 Å². The highest BCUT2D eigenvalue weighted by atomic mass is 32.2. The predicted octanol–water partition coefficient (Wildman–Crippen LogP) is 1.59. The average molecular weight is 356 g/mol. The first-order valence-corrected chi connectivity index (χ1v) is 9.62. The highest BCUT2D eigenvalue weighted by molar-refractivity contribution is 7.89. The first-order valence-electron chi connectivity index (χ1n) is 8.18. The fourth-order valence-corrected chi connectivity index (χ4v) is 5.72. The van der Waals surface area contributed by atoms with Gasteiger partial charge in [0.25, 0.3) is 0 Å². The zero-order valence-electron chi connectivity index (χ0n) is 14.5. The summed E-state index contributed by atoms with van der Waals surface area (Å²) in [6.07, 6.45) is 3.75. The zero-order valence-corrected chi connectivity index (χ0v) is 15.3. The molecule has 0 spiro atoms. The molecule has 8 heteroatoms. The number of rotatable bonds is 4. The molecule has 0 radical (unpaired) electrons. The topological polar surface area (TPSA) is 88.8 Å². The number of esters is 1. The molecule has 2 saturated heterocycles. The second-order valence-corrected chi connectivity index (χ2v) is 8.63. The van der Waals surface area contributed by atoms with E-state index in [-0.39, 0.29) is 28.0 Å². The van der Waals surface area contributed by atoms with Crippen LogP contribution in [0.25, 0.3) is 0 Å². The molecule has 2 fully saturated rings. The van der Waals surface area contributed by atoms with Crippen molar-refractivity contribution in [3.63, 3.8) is 0 Å². The lowest BCUT2D eigenvalue weighted by molar-refractivity contribution is 0.0594. The maximum atomic E-state index is 13.2. The van der Waals surface area contributed by atoms with E-state index in [0.29, 0.717) is 12.1 Å². The number of hydrogen-bond acceptors (Lipinski definition) is 6. The third-order valence-corrected chi connectivity index (χ3v) is 7.26. The SMILES string of the molecule is COC(=O)c1c(C)oc(C)c1S(=O)(=O)N(C)C1CC2CCC(C1)N2. The molecule has 134 valence electrons. The standard InChI is InChI=1S/C16H24N2O5S/c1-9-14(16(19)22-4)15(10(2)23-9)24(20,21)18(3)13-7-11-5-6-12(8-13)17-11/h11-13,17H,5-8H2,1-4H3. The summed E-state index contributed by atoms with van der Waals surface area (Å²) < 4.78 is 37.9. The second-order valence-electron chi connectivity index (χ2n) is 6.69. The minimum atomic E-state index is -3.84. The molecule has 3 rings (SSSR count). The Labute approximate surface area is 142 Å². The molecule has 1 N–H and O–H groups in total. The van der Waals surface area contributed by atoms with E-state index in [2.05, 4.69) is 5.32 Å². The van der Waals surface area contributed by atoms with E-state index in [9.17, 15) is 13.2 Å². The Morgan fingerprint density at radius 3 is 2.33 bits per heavy atom. The van der Waals surface area contributed by atoms with Crippen molar-refractivity contribution in [3.8, 4) is 0 Å². The Kier molecular flexibility index (Phi) is 4.48. The Morgan fingerprint density at radius 1 is 1.21 bits per heavy atom. The summed E-state index contributed by atoms with van der Waals surface area (Å²) in [6.45, 7) is 3.13. The molecule has 0 aromatic carbocycles. The van der Waals surface area contributed by atoms with Crippen LogP contribution in [0.4, 0.5) is 0 Å². The molecule has 1 aromatic rings. The van der Waals surface area contributed by atoms with E-state index in [1.54, 1.807) is 20.9 Å². The van der Waals surface area contributed by atoms with Gasteiger partial charge >= 0.3 is 5.97 Å². The van der Waals surface area contributed by atoms with Gasteiger partial charge in [0.1, 0.15) is 22.0 Å². The lowest BCUT2D eigenvalue weighted by Crippen LogP contribution is -2.48. The van der Waals surface area contributed by atoms with Gasteiger partial charge in [-0.05, 0) is 39.5 Å². The summed E-state index contributed by atoms with van der Waals surface area (Å²) in [6, 6.07) is 0.672. The number of carbonyl (C=O) groups excluding carboxylic acids is 1. The first kappa shape index (κ1) is 17.4. The van der Waals surface area contributed by atoms with Crippen molar-refractivity contribution in [3.05, 3.63) is 17.1 Å². The van der Waals surface area contributed by atoms with E-state index >= 15 is 0 Å². The van der Waals surface area contributed by atoms with Crippen LogP contribution < -0.4 is 5.32 Å².